The number of ether oxygens (including phenoxy) is 3. The van der Waals surface area contributed by atoms with Gasteiger partial charge >= 0.3 is 5.97 Å². The van der Waals surface area contributed by atoms with Crippen molar-refractivity contribution in [3.63, 3.8) is 0 Å². The highest BCUT2D eigenvalue weighted by Gasteiger charge is 2.62. The van der Waals surface area contributed by atoms with Crippen molar-refractivity contribution < 1.29 is 46.2 Å². The molecule has 7 atom stereocenters. The van der Waals surface area contributed by atoms with Crippen LogP contribution >= 0.6 is 0 Å². The molecule has 2 aromatic rings. The molecule has 2 saturated carbocycles. The summed E-state index contributed by atoms with van der Waals surface area (Å²) < 4.78 is 60.5. The first-order valence-electron chi connectivity index (χ1n) is 20.5. The third-order valence-corrected chi connectivity index (χ3v) is 14.5. The number of sulfonamides is 1. The highest BCUT2D eigenvalue weighted by molar-refractivity contribution is 7.91. The maximum atomic E-state index is 15.1. The molecule has 6 rings (SSSR count). The van der Waals surface area contributed by atoms with Crippen LogP contribution in [0.3, 0.4) is 0 Å². The number of amides is 2. The number of aromatic nitrogens is 1. The Hall–Kier alpha value is -4.07. The number of nitrogens with zero attached hydrogens (tertiary/aromatic N) is 2. The number of hydrogen-bond donors (Lipinski definition) is 1. The summed E-state index contributed by atoms with van der Waals surface area (Å²) in [6, 6.07) is 3.51. The van der Waals surface area contributed by atoms with E-state index in [4.69, 9.17) is 14.2 Å². The average Bonchev–Trinajstić information content (AvgIpc) is 4.01. The van der Waals surface area contributed by atoms with Gasteiger partial charge in [0.25, 0.3) is 0 Å². The van der Waals surface area contributed by atoms with Crippen LogP contribution in [0.25, 0.3) is 10.8 Å². The number of allylic oxidation sites excluding steroid dienone is 2. The largest absolute Gasteiger partial charge is 0.491 e. The van der Waals surface area contributed by atoms with Gasteiger partial charge in [0.05, 0.1) is 41.7 Å². The first-order chi connectivity index (χ1) is 26.8. The molecule has 12 nitrogen and oxygen atoms in total. The zero-order valence-corrected chi connectivity index (χ0v) is 35.1. The highest BCUT2D eigenvalue weighted by Crippen LogP contribution is 2.58. The Labute approximate surface area is 335 Å². The van der Waals surface area contributed by atoms with E-state index in [-0.39, 0.29) is 74.1 Å². The summed E-state index contributed by atoms with van der Waals surface area (Å²) >= 11 is 0. The molecule has 14 heteroatoms. The molecule has 0 bridgehead atoms. The zero-order chi connectivity index (χ0) is 41.5. The smallest absolute Gasteiger partial charge is 0.307 e. The van der Waals surface area contributed by atoms with Crippen LogP contribution in [0.1, 0.15) is 113 Å². The lowest BCUT2D eigenvalue weighted by molar-refractivity contribution is -0.160. The average molecular weight is 812 g/mol. The molecule has 1 aromatic heterocycles. The van der Waals surface area contributed by atoms with Gasteiger partial charge in [-0.15, -0.1) is 0 Å². The topological polar surface area (TPSA) is 158 Å². The van der Waals surface area contributed by atoms with E-state index in [1.807, 2.05) is 19.1 Å². The van der Waals surface area contributed by atoms with E-state index in [1.54, 1.807) is 46.8 Å². The van der Waals surface area contributed by atoms with Crippen molar-refractivity contribution >= 4 is 44.4 Å². The van der Waals surface area contributed by atoms with Crippen LogP contribution in [-0.2, 0) is 33.9 Å². The number of pyridine rings is 1. The molecule has 2 amide bonds. The normalized spacial score (nSPS) is 29.6. The van der Waals surface area contributed by atoms with Gasteiger partial charge in [-0.05, 0) is 114 Å². The lowest BCUT2D eigenvalue weighted by Crippen LogP contribution is -2.48. The molecule has 1 aromatic carbocycles. The van der Waals surface area contributed by atoms with E-state index in [0.717, 1.165) is 6.42 Å². The molecule has 0 spiro atoms. The van der Waals surface area contributed by atoms with E-state index in [2.05, 4.69) is 16.6 Å². The number of rotatable bonds is 10. The summed E-state index contributed by atoms with van der Waals surface area (Å²) in [4.78, 5) is 63.0. The van der Waals surface area contributed by atoms with Crippen LogP contribution in [0.15, 0.2) is 36.5 Å². The molecule has 1 N–H and O–H groups in total. The fourth-order valence-electron chi connectivity index (χ4n) is 8.57. The molecular weight excluding hydrogens is 754 g/mol. The number of benzene rings is 1. The molecule has 3 heterocycles. The van der Waals surface area contributed by atoms with Gasteiger partial charge in [0.15, 0.2) is 17.3 Å². The van der Waals surface area contributed by atoms with E-state index < -0.39 is 67.3 Å². The molecule has 3 fully saturated rings. The van der Waals surface area contributed by atoms with Gasteiger partial charge in [-0.25, -0.2) is 17.8 Å². The first-order valence-corrected chi connectivity index (χ1v) is 21.9. The number of hydrogen-bond acceptors (Lipinski definition) is 10. The molecular formula is C43H58FN3O9S. The van der Waals surface area contributed by atoms with E-state index in [9.17, 15) is 22.8 Å². The molecule has 57 heavy (non-hydrogen) atoms. The van der Waals surface area contributed by atoms with E-state index >= 15 is 9.18 Å². The summed E-state index contributed by atoms with van der Waals surface area (Å²) in [6.07, 6.45) is 8.23. The molecule has 2 aliphatic carbocycles. The number of nitrogens with one attached hydrogen (secondary N) is 1. The van der Waals surface area contributed by atoms with Crippen LogP contribution in [0, 0.1) is 34.9 Å². The quantitative estimate of drug-likeness (QED) is 0.199. The lowest BCUT2D eigenvalue weighted by atomic mass is 9.79. The second-order valence-electron chi connectivity index (χ2n) is 17.9. The predicted molar refractivity (Wildman–Crippen MR) is 212 cm³/mol. The number of carbonyl (C=O) groups excluding carboxylic acids is 4. The second kappa shape index (κ2) is 16.3. The molecule has 2 aliphatic heterocycles. The number of carbonyl (C=O) groups is 4. The van der Waals surface area contributed by atoms with Crippen LogP contribution < -0.4 is 14.2 Å². The standard InChI is InChI=1S/C43H58FN3O9S/c1-8-27-18-26(3)12-10-11-13-29-23-43(29,40(51)46-57(52,53)42(7)15-16-42)24-35(48)34-20-30(25-47(34)39(50)32(27)22-37(49)56-41(4,5)6)55-38-31-21-33(44)36(54-9-2)19-28(31)14-17-45-38/h11,13-14,17,19,21,26-27,29-30,32,34H,8-10,12,15-16,18,20,22-25H2,1-7H3,(H,46,51)/b13-11-/t26-,27+,29+,30+,32-,34-,43+/m0/s1. The molecule has 1 saturated heterocycles. The number of fused-ring (bicyclic) bond motifs is 3. The minimum atomic E-state index is -3.98. The minimum absolute atomic E-state index is 0.0289. The van der Waals surface area contributed by atoms with Crippen LogP contribution in [-0.4, -0.2) is 77.5 Å². The van der Waals surface area contributed by atoms with E-state index in [1.165, 1.54) is 17.2 Å². The first kappa shape index (κ1) is 42.5. The summed E-state index contributed by atoms with van der Waals surface area (Å²) in [5.74, 6) is -3.57. The molecule has 4 aliphatic rings. The fraction of sp³-hybridized carbons (Fsp3) is 0.651. The van der Waals surface area contributed by atoms with Gasteiger partial charge in [0, 0.05) is 24.4 Å². The Balaban J connectivity index is 1.37. The van der Waals surface area contributed by atoms with Crippen molar-refractivity contribution in [3.05, 3.63) is 42.4 Å². The molecule has 0 unspecified atom stereocenters. The van der Waals surface area contributed by atoms with Crippen molar-refractivity contribution in [1.82, 2.24) is 14.6 Å². The molecule has 312 valence electrons. The van der Waals surface area contributed by atoms with Gasteiger partial charge < -0.3 is 19.1 Å². The minimum Gasteiger partial charge on any atom is -0.491 e. The summed E-state index contributed by atoms with van der Waals surface area (Å²) in [6.45, 7) is 13.0. The van der Waals surface area contributed by atoms with Crippen LogP contribution in [0.5, 0.6) is 11.6 Å². The van der Waals surface area contributed by atoms with Crippen LogP contribution in [0.2, 0.25) is 0 Å². The third kappa shape index (κ3) is 9.31. The Morgan fingerprint density at radius 2 is 1.86 bits per heavy atom. The Kier molecular flexibility index (Phi) is 12.2. The zero-order valence-electron chi connectivity index (χ0n) is 34.3. The van der Waals surface area contributed by atoms with Gasteiger partial charge in [0.1, 0.15) is 11.7 Å². The monoisotopic (exact) mass is 811 g/mol. The lowest BCUT2D eigenvalue weighted by Gasteiger charge is -2.33. The predicted octanol–water partition coefficient (Wildman–Crippen LogP) is 6.84. The van der Waals surface area contributed by atoms with Crippen molar-refractivity contribution in [2.24, 2.45) is 29.1 Å². The van der Waals surface area contributed by atoms with Crippen molar-refractivity contribution in [1.29, 1.82) is 0 Å². The highest BCUT2D eigenvalue weighted by atomic mass is 32.2. The number of Topliss-reactive ketones (excluding diaryl/α,β-unsaturated/α-hetero) is 1. The Morgan fingerprint density at radius 1 is 1.12 bits per heavy atom. The number of halogens is 1. The summed E-state index contributed by atoms with van der Waals surface area (Å²) in [5.41, 5.74) is -2.08. The van der Waals surface area contributed by atoms with E-state index in [0.29, 0.717) is 42.9 Å². The van der Waals surface area contributed by atoms with Crippen molar-refractivity contribution in [3.8, 4) is 11.6 Å². The number of esters is 1. The van der Waals surface area contributed by atoms with Crippen molar-refractivity contribution in [2.75, 3.05) is 13.2 Å². The van der Waals surface area contributed by atoms with Gasteiger partial charge in [-0.2, -0.15) is 0 Å². The maximum absolute atomic E-state index is 15.1. The third-order valence-electron chi connectivity index (χ3n) is 12.3. The van der Waals surface area contributed by atoms with Crippen LogP contribution in [0.4, 0.5) is 4.39 Å². The molecule has 0 radical (unpaired) electrons. The maximum Gasteiger partial charge on any atom is 0.307 e. The fourth-order valence-corrected chi connectivity index (χ4v) is 9.90. The summed E-state index contributed by atoms with van der Waals surface area (Å²) in [7, 11) is -3.98. The SMILES string of the molecule is CCOc1cc2ccnc(O[C@@H]3C[C@H]4C(=O)C[C@]5(C(=O)NS(=O)(=O)C6(C)CC6)C[C@H]5/C=C\CC[C@H](C)C[C@@H](CC)[C@H](CC(=O)OC(C)(C)C)C(=O)N4C3)c2cc1F. The van der Waals surface area contributed by atoms with Crippen molar-refractivity contribution in [2.45, 2.75) is 135 Å². The Bertz CT molecular complexity index is 2030. The Morgan fingerprint density at radius 3 is 2.53 bits per heavy atom. The summed E-state index contributed by atoms with van der Waals surface area (Å²) in [5, 5.41) is 1.01. The number of ketones is 1. The van der Waals surface area contributed by atoms with Gasteiger partial charge in [-0.3, -0.25) is 23.9 Å². The second-order valence-corrected chi connectivity index (χ2v) is 20.1. The van der Waals surface area contributed by atoms with Gasteiger partial charge in [0.2, 0.25) is 27.7 Å². The van der Waals surface area contributed by atoms with Gasteiger partial charge in [-0.1, -0.05) is 32.4 Å².